The molecule has 0 amide bonds. The summed E-state index contributed by atoms with van der Waals surface area (Å²) in [6, 6.07) is 2.47. The van der Waals surface area contributed by atoms with Crippen LogP contribution in [0.3, 0.4) is 0 Å². The topological polar surface area (TPSA) is 34.2 Å². The van der Waals surface area contributed by atoms with Gasteiger partial charge < -0.3 is 10.1 Å². The van der Waals surface area contributed by atoms with Crippen LogP contribution in [0.1, 0.15) is 51.5 Å². The van der Waals surface area contributed by atoms with Crippen LogP contribution in [0.25, 0.3) is 0 Å². The van der Waals surface area contributed by atoms with Crippen molar-refractivity contribution in [3.05, 3.63) is 24.0 Å². The van der Waals surface area contributed by atoms with Gasteiger partial charge >= 0.3 is 0 Å². The lowest BCUT2D eigenvalue weighted by molar-refractivity contribution is 0.153. The van der Waals surface area contributed by atoms with Crippen molar-refractivity contribution in [3.63, 3.8) is 0 Å². The third kappa shape index (κ3) is 3.98. The van der Waals surface area contributed by atoms with Gasteiger partial charge in [-0.2, -0.15) is 0 Å². The molecule has 1 aromatic rings. The molecular weight excluding hydrogens is 224 g/mol. The zero-order valence-corrected chi connectivity index (χ0v) is 11.5. The Balaban J connectivity index is 1.97. The van der Waals surface area contributed by atoms with E-state index < -0.39 is 0 Å². The van der Waals surface area contributed by atoms with Gasteiger partial charge in [-0.3, -0.25) is 4.98 Å². The van der Waals surface area contributed by atoms with Crippen molar-refractivity contribution in [2.45, 2.75) is 64.6 Å². The minimum absolute atomic E-state index is 0.402. The highest BCUT2D eigenvalue weighted by Crippen LogP contribution is 2.25. The first-order valence-corrected chi connectivity index (χ1v) is 7.08. The van der Waals surface area contributed by atoms with Crippen molar-refractivity contribution in [2.24, 2.45) is 0 Å². The number of pyridine rings is 1. The van der Waals surface area contributed by atoms with Crippen molar-refractivity contribution in [2.75, 3.05) is 0 Å². The van der Waals surface area contributed by atoms with Gasteiger partial charge in [0.25, 0.3) is 0 Å². The van der Waals surface area contributed by atoms with Crippen molar-refractivity contribution < 1.29 is 4.74 Å². The SMILES string of the molecule is CC(C)NCc1cnccc1OC1CCCCC1. The van der Waals surface area contributed by atoms with Gasteiger partial charge in [-0.1, -0.05) is 20.3 Å². The molecule has 3 heteroatoms. The highest BCUT2D eigenvalue weighted by atomic mass is 16.5. The van der Waals surface area contributed by atoms with E-state index in [9.17, 15) is 0 Å². The van der Waals surface area contributed by atoms with Gasteiger partial charge in [0.15, 0.2) is 0 Å². The molecule has 0 unspecified atom stereocenters. The lowest BCUT2D eigenvalue weighted by atomic mass is 9.98. The van der Waals surface area contributed by atoms with Crippen LogP contribution < -0.4 is 10.1 Å². The molecule has 1 aliphatic carbocycles. The number of rotatable bonds is 5. The fraction of sp³-hybridized carbons (Fsp3) is 0.667. The van der Waals surface area contributed by atoms with Gasteiger partial charge in [0, 0.05) is 30.5 Å². The van der Waals surface area contributed by atoms with Gasteiger partial charge in [0.1, 0.15) is 5.75 Å². The van der Waals surface area contributed by atoms with E-state index in [4.69, 9.17) is 4.74 Å². The molecule has 0 aromatic carbocycles. The molecule has 1 saturated carbocycles. The predicted octanol–water partition coefficient (Wildman–Crippen LogP) is 3.29. The van der Waals surface area contributed by atoms with Gasteiger partial charge in [0.05, 0.1) is 6.10 Å². The molecule has 100 valence electrons. The average molecular weight is 248 g/mol. The van der Waals surface area contributed by atoms with Crippen molar-refractivity contribution in [1.82, 2.24) is 10.3 Å². The summed E-state index contributed by atoms with van der Waals surface area (Å²) < 4.78 is 6.14. The number of aromatic nitrogens is 1. The quantitative estimate of drug-likeness (QED) is 0.868. The Morgan fingerprint density at radius 1 is 1.33 bits per heavy atom. The third-order valence-electron chi connectivity index (χ3n) is 3.41. The normalized spacial score (nSPS) is 17.1. The first-order chi connectivity index (χ1) is 8.75. The summed E-state index contributed by atoms with van der Waals surface area (Å²) in [5.41, 5.74) is 1.16. The second kappa shape index (κ2) is 6.74. The van der Waals surface area contributed by atoms with Gasteiger partial charge in [0.2, 0.25) is 0 Å². The number of hydrogen-bond donors (Lipinski definition) is 1. The van der Waals surface area contributed by atoms with Gasteiger partial charge in [-0.25, -0.2) is 0 Å². The van der Waals surface area contributed by atoms with Crippen LogP contribution in [0.4, 0.5) is 0 Å². The summed E-state index contributed by atoms with van der Waals surface area (Å²) in [4.78, 5) is 4.20. The molecular formula is C15H24N2O. The molecule has 2 rings (SSSR count). The molecule has 1 aromatic heterocycles. The Morgan fingerprint density at radius 2 is 2.11 bits per heavy atom. The maximum atomic E-state index is 6.14. The summed E-state index contributed by atoms with van der Waals surface area (Å²) in [7, 11) is 0. The van der Waals surface area contributed by atoms with Crippen LogP contribution in [0.15, 0.2) is 18.5 Å². The Bertz CT molecular complexity index is 359. The van der Waals surface area contributed by atoms with Gasteiger partial charge in [-0.15, -0.1) is 0 Å². The molecule has 0 bridgehead atoms. The highest BCUT2D eigenvalue weighted by Gasteiger charge is 2.16. The predicted molar refractivity (Wildman–Crippen MR) is 73.7 cm³/mol. The van der Waals surface area contributed by atoms with Crippen LogP contribution in [0, 0.1) is 0 Å². The molecule has 0 saturated heterocycles. The van der Waals surface area contributed by atoms with E-state index in [1.54, 1.807) is 0 Å². The third-order valence-corrected chi connectivity index (χ3v) is 3.41. The second-order valence-corrected chi connectivity index (χ2v) is 5.40. The second-order valence-electron chi connectivity index (χ2n) is 5.40. The molecule has 3 nitrogen and oxygen atoms in total. The standard InChI is InChI=1S/C15H24N2O/c1-12(2)17-11-13-10-16-9-8-15(13)18-14-6-4-3-5-7-14/h8-10,12,14,17H,3-7,11H2,1-2H3. The zero-order chi connectivity index (χ0) is 12.8. The van der Waals surface area contributed by atoms with Crippen LogP contribution in [0.5, 0.6) is 5.75 Å². The molecule has 1 N–H and O–H groups in total. The van der Waals surface area contributed by atoms with E-state index in [0.29, 0.717) is 12.1 Å². The fourth-order valence-electron chi connectivity index (χ4n) is 2.34. The fourth-order valence-corrected chi connectivity index (χ4v) is 2.34. The van der Waals surface area contributed by atoms with Crippen molar-refractivity contribution in [1.29, 1.82) is 0 Å². The Labute approximate surface area is 110 Å². The van der Waals surface area contributed by atoms with Crippen molar-refractivity contribution >= 4 is 0 Å². The van der Waals surface area contributed by atoms with E-state index in [0.717, 1.165) is 17.9 Å². The van der Waals surface area contributed by atoms with E-state index in [1.807, 2.05) is 18.5 Å². The number of nitrogens with zero attached hydrogens (tertiary/aromatic N) is 1. The first-order valence-electron chi connectivity index (χ1n) is 7.08. The summed E-state index contributed by atoms with van der Waals surface area (Å²) in [5, 5.41) is 3.42. The summed E-state index contributed by atoms with van der Waals surface area (Å²) in [6.07, 6.45) is 10.5. The average Bonchev–Trinajstić information content (AvgIpc) is 2.39. The molecule has 0 aliphatic heterocycles. The number of nitrogens with one attached hydrogen (secondary N) is 1. The lowest BCUT2D eigenvalue weighted by Crippen LogP contribution is -2.24. The van der Waals surface area contributed by atoms with E-state index in [2.05, 4.69) is 24.1 Å². The summed E-state index contributed by atoms with van der Waals surface area (Å²) in [5.74, 6) is 1.00. The molecule has 18 heavy (non-hydrogen) atoms. The Hall–Kier alpha value is -1.09. The lowest BCUT2D eigenvalue weighted by Gasteiger charge is -2.24. The Morgan fingerprint density at radius 3 is 2.83 bits per heavy atom. The zero-order valence-electron chi connectivity index (χ0n) is 11.5. The van der Waals surface area contributed by atoms with Crippen molar-refractivity contribution in [3.8, 4) is 5.75 Å². The minimum atomic E-state index is 0.402. The molecule has 1 fully saturated rings. The summed E-state index contributed by atoms with van der Waals surface area (Å²) >= 11 is 0. The molecule has 0 radical (unpaired) electrons. The number of ether oxygens (including phenoxy) is 1. The maximum absolute atomic E-state index is 6.14. The van der Waals surface area contributed by atoms with Gasteiger partial charge in [-0.05, 0) is 31.7 Å². The number of hydrogen-bond acceptors (Lipinski definition) is 3. The highest BCUT2D eigenvalue weighted by molar-refractivity contribution is 5.30. The molecule has 1 heterocycles. The monoisotopic (exact) mass is 248 g/mol. The summed E-state index contributed by atoms with van der Waals surface area (Å²) in [6.45, 7) is 5.13. The Kier molecular flexibility index (Phi) is 5.00. The van der Waals surface area contributed by atoms with Crippen LogP contribution in [0.2, 0.25) is 0 Å². The van der Waals surface area contributed by atoms with E-state index >= 15 is 0 Å². The van der Waals surface area contributed by atoms with Crippen LogP contribution >= 0.6 is 0 Å². The smallest absolute Gasteiger partial charge is 0.127 e. The minimum Gasteiger partial charge on any atom is -0.490 e. The first kappa shape index (κ1) is 13.3. The molecule has 0 atom stereocenters. The van der Waals surface area contributed by atoms with Crippen LogP contribution in [-0.4, -0.2) is 17.1 Å². The molecule has 0 spiro atoms. The van der Waals surface area contributed by atoms with E-state index in [1.165, 1.54) is 32.1 Å². The maximum Gasteiger partial charge on any atom is 0.127 e. The van der Waals surface area contributed by atoms with Crippen LogP contribution in [-0.2, 0) is 6.54 Å². The van der Waals surface area contributed by atoms with E-state index in [-0.39, 0.29) is 0 Å². The molecule has 1 aliphatic rings. The largest absolute Gasteiger partial charge is 0.490 e.